The summed E-state index contributed by atoms with van der Waals surface area (Å²) in [5.41, 5.74) is 1.48. The molecule has 6 heteroatoms. The van der Waals surface area contributed by atoms with Crippen LogP contribution >= 0.6 is 23.6 Å². The summed E-state index contributed by atoms with van der Waals surface area (Å²) in [6, 6.07) is 3.79. The maximum Gasteiger partial charge on any atom is 0.251 e. The smallest absolute Gasteiger partial charge is 0.251 e. The molecule has 1 aliphatic rings. The van der Waals surface area contributed by atoms with Gasteiger partial charge in [-0.2, -0.15) is 0 Å². The molecular formula is C11H13N3OS2. The van der Waals surface area contributed by atoms with Gasteiger partial charge in [0.15, 0.2) is 5.11 Å². The molecule has 1 atom stereocenters. The van der Waals surface area contributed by atoms with Crippen LogP contribution in [0.1, 0.15) is 17.8 Å². The number of allylic oxidation sites excluding steroid dienone is 1. The highest BCUT2D eigenvalue weighted by molar-refractivity contribution is 7.80. The molecule has 4 nitrogen and oxygen atoms in total. The number of hydrogen-bond acceptors (Lipinski definition) is 3. The van der Waals surface area contributed by atoms with Crippen LogP contribution in [0.25, 0.3) is 0 Å². The highest BCUT2D eigenvalue weighted by Gasteiger charge is 2.29. The zero-order valence-electron chi connectivity index (χ0n) is 9.53. The minimum Gasteiger partial charge on any atom is -0.355 e. The van der Waals surface area contributed by atoms with Crippen LogP contribution in [0, 0.1) is 0 Å². The van der Waals surface area contributed by atoms with Gasteiger partial charge in [0.2, 0.25) is 0 Å². The molecule has 0 unspecified atom stereocenters. The molecule has 0 bridgehead atoms. The molecule has 0 spiro atoms. The van der Waals surface area contributed by atoms with Crippen LogP contribution in [-0.2, 0) is 4.79 Å². The lowest BCUT2D eigenvalue weighted by atomic mass is 10.0. The Balaban J connectivity index is 2.44. The fourth-order valence-electron chi connectivity index (χ4n) is 1.80. The summed E-state index contributed by atoms with van der Waals surface area (Å²) in [6.07, 6.45) is 0. The molecule has 17 heavy (non-hydrogen) atoms. The summed E-state index contributed by atoms with van der Waals surface area (Å²) in [7, 11) is 1.63. The largest absolute Gasteiger partial charge is 0.355 e. The van der Waals surface area contributed by atoms with Crippen LogP contribution in [0.2, 0.25) is 0 Å². The van der Waals surface area contributed by atoms with E-state index in [1.165, 1.54) is 0 Å². The zero-order chi connectivity index (χ0) is 12.4. The first-order valence-corrected chi connectivity index (χ1v) is 6.46. The van der Waals surface area contributed by atoms with E-state index < -0.39 is 0 Å². The molecule has 2 heterocycles. The fraction of sp³-hybridized carbons (Fsp3) is 0.273. The van der Waals surface area contributed by atoms with Crippen LogP contribution in [0.15, 0.2) is 28.8 Å². The van der Waals surface area contributed by atoms with Gasteiger partial charge in [0.25, 0.3) is 5.91 Å². The quantitative estimate of drug-likeness (QED) is 0.707. The molecule has 3 N–H and O–H groups in total. The van der Waals surface area contributed by atoms with Crippen molar-refractivity contribution in [3.8, 4) is 0 Å². The Morgan fingerprint density at radius 1 is 1.59 bits per heavy atom. The Morgan fingerprint density at radius 2 is 2.35 bits per heavy atom. The molecule has 0 radical (unpaired) electrons. The third kappa shape index (κ3) is 2.32. The number of nitrogens with one attached hydrogen (secondary N) is 3. The normalized spacial score (nSPS) is 19.6. The average Bonchev–Trinajstić information content (AvgIpc) is 2.80. The van der Waals surface area contributed by atoms with E-state index in [-0.39, 0.29) is 11.9 Å². The summed E-state index contributed by atoms with van der Waals surface area (Å²) in [5.74, 6) is -0.0941. The molecule has 0 fully saturated rings. The molecular weight excluding hydrogens is 254 g/mol. The Labute approximate surface area is 109 Å². The predicted molar refractivity (Wildman–Crippen MR) is 72.7 cm³/mol. The van der Waals surface area contributed by atoms with E-state index >= 15 is 0 Å². The number of carbonyl (C=O) groups is 1. The molecule has 1 aromatic rings. The van der Waals surface area contributed by atoms with Crippen molar-refractivity contribution in [2.24, 2.45) is 0 Å². The molecule has 2 rings (SSSR count). The van der Waals surface area contributed by atoms with E-state index in [4.69, 9.17) is 12.2 Å². The highest BCUT2D eigenvalue weighted by Crippen LogP contribution is 2.29. The second-order valence-electron chi connectivity index (χ2n) is 3.66. The molecule has 1 amide bonds. The number of thiophene rings is 1. The van der Waals surface area contributed by atoms with Crippen molar-refractivity contribution in [1.29, 1.82) is 0 Å². The van der Waals surface area contributed by atoms with Crippen LogP contribution < -0.4 is 16.0 Å². The highest BCUT2D eigenvalue weighted by atomic mass is 32.1. The van der Waals surface area contributed by atoms with E-state index in [1.807, 2.05) is 24.4 Å². The standard InChI is InChI=1S/C11H13N3OS2/c1-6-8(10(15)12-2)9(14-11(16)13-6)7-4-3-5-17-7/h3-5,9H,1-2H3,(H,12,15)(H2,13,14,16)/t9-/m0/s1. The van der Waals surface area contributed by atoms with Gasteiger partial charge in [-0.1, -0.05) is 6.07 Å². The van der Waals surface area contributed by atoms with Gasteiger partial charge in [0.1, 0.15) is 0 Å². The summed E-state index contributed by atoms with van der Waals surface area (Å²) >= 11 is 6.73. The number of carbonyl (C=O) groups excluding carboxylic acids is 1. The second kappa shape index (κ2) is 4.85. The van der Waals surface area contributed by atoms with E-state index in [9.17, 15) is 4.79 Å². The first kappa shape index (κ1) is 12.1. The van der Waals surface area contributed by atoms with Gasteiger partial charge in [-0.05, 0) is 30.6 Å². The minimum absolute atomic E-state index is 0.0941. The Kier molecular flexibility index (Phi) is 3.44. The Morgan fingerprint density at radius 3 is 2.94 bits per heavy atom. The zero-order valence-corrected chi connectivity index (χ0v) is 11.2. The summed E-state index contributed by atoms with van der Waals surface area (Å²) in [4.78, 5) is 13.0. The van der Waals surface area contributed by atoms with Crippen molar-refractivity contribution >= 4 is 34.6 Å². The molecule has 0 aliphatic carbocycles. The van der Waals surface area contributed by atoms with Crippen LogP contribution in [0.3, 0.4) is 0 Å². The van der Waals surface area contributed by atoms with E-state index in [0.29, 0.717) is 10.7 Å². The van der Waals surface area contributed by atoms with E-state index in [0.717, 1.165) is 10.6 Å². The molecule has 1 aromatic heterocycles. The lowest BCUT2D eigenvalue weighted by Gasteiger charge is -2.29. The second-order valence-corrected chi connectivity index (χ2v) is 5.05. The SMILES string of the molecule is CNC(=O)C1=C(C)NC(=S)N[C@H]1c1cccs1. The molecule has 0 aromatic carbocycles. The first-order chi connectivity index (χ1) is 8.13. The van der Waals surface area contributed by atoms with Gasteiger partial charge in [-0.25, -0.2) is 0 Å². The van der Waals surface area contributed by atoms with Crippen molar-refractivity contribution in [3.63, 3.8) is 0 Å². The van der Waals surface area contributed by atoms with E-state index in [1.54, 1.807) is 18.4 Å². The summed E-state index contributed by atoms with van der Waals surface area (Å²) in [5, 5.41) is 11.3. The predicted octanol–water partition coefficient (Wildman–Crippen LogP) is 1.29. The van der Waals surface area contributed by atoms with Crippen LogP contribution in [-0.4, -0.2) is 18.1 Å². The van der Waals surface area contributed by atoms with Crippen molar-refractivity contribution in [1.82, 2.24) is 16.0 Å². The van der Waals surface area contributed by atoms with Crippen molar-refractivity contribution in [3.05, 3.63) is 33.7 Å². The average molecular weight is 267 g/mol. The van der Waals surface area contributed by atoms with E-state index in [2.05, 4.69) is 16.0 Å². The monoisotopic (exact) mass is 267 g/mol. The lowest BCUT2D eigenvalue weighted by Crippen LogP contribution is -2.46. The van der Waals surface area contributed by atoms with Gasteiger partial charge in [0.05, 0.1) is 11.6 Å². The van der Waals surface area contributed by atoms with Gasteiger partial charge < -0.3 is 16.0 Å². The number of likely N-dealkylation sites (N-methyl/N-ethyl adjacent to an activating group) is 1. The lowest BCUT2D eigenvalue weighted by molar-refractivity contribution is -0.117. The number of hydrogen-bond donors (Lipinski definition) is 3. The molecule has 0 saturated heterocycles. The number of thiocarbonyl (C=S) groups is 1. The maximum atomic E-state index is 11.9. The van der Waals surface area contributed by atoms with Gasteiger partial charge in [-0.15, -0.1) is 11.3 Å². The molecule has 1 aliphatic heterocycles. The van der Waals surface area contributed by atoms with Gasteiger partial charge >= 0.3 is 0 Å². The Bertz CT molecular complexity index is 479. The topological polar surface area (TPSA) is 53.2 Å². The number of rotatable bonds is 2. The molecule has 90 valence electrons. The van der Waals surface area contributed by atoms with Gasteiger partial charge in [-0.3, -0.25) is 4.79 Å². The first-order valence-electron chi connectivity index (χ1n) is 5.17. The van der Waals surface area contributed by atoms with Crippen LogP contribution in [0.4, 0.5) is 0 Å². The Hall–Kier alpha value is -1.40. The maximum absolute atomic E-state index is 11.9. The third-order valence-electron chi connectivity index (χ3n) is 2.57. The van der Waals surface area contributed by atoms with Crippen LogP contribution in [0.5, 0.6) is 0 Å². The van der Waals surface area contributed by atoms with Crippen molar-refractivity contribution in [2.75, 3.05) is 7.05 Å². The summed E-state index contributed by atoms with van der Waals surface area (Å²) in [6.45, 7) is 1.86. The summed E-state index contributed by atoms with van der Waals surface area (Å²) < 4.78 is 0. The van der Waals surface area contributed by atoms with Crippen molar-refractivity contribution < 1.29 is 4.79 Å². The van der Waals surface area contributed by atoms with Gasteiger partial charge in [0, 0.05) is 17.6 Å². The molecule has 0 saturated carbocycles. The van der Waals surface area contributed by atoms with Crippen molar-refractivity contribution in [2.45, 2.75) is 13.0 Å². The third-order valence-corrected chi connectivity index (χ3v) is 3.73. The number of amides is 1. The minimum atomic E-state index is -0.163. The fourth-order valence-corrected chi connectivity index (χ4v) is 2.85.